The van der Waals surface area contributed by atoms with Crippen molar-refractivity contribution < 1.29 is 14.6 Å². The Bertz CT molecular complexity index is 770. The van der Waals surface area contributed by atoms with Crippen LogP contribution >= 0.6 is 0 Å². The van der Waals surface area contributed by atoms with E-state index in [0.717, 1.165) is 37.7 Å². The summed E-state index contributed by atoms with van der Waals surface area (Å²) >= 11 is 0. The number of alkyl carbamates (subject to hydrolysis) is 1. The minimum atomic E-state index is -0.535. The Morgan fingerprint density at radius 3 is 2.74 bits per heavy atom. The van der Waals surface area contributed by atoms with Crippen molar-refractivity contribution >= 4 is 6.09 Å². The highest BCUT2D eigenvalue weighted by molar-refractivity contribution is 5.67. The van der Waals surface area contributed by atoms with Gasteiger partial charge >= 0.3 is 6.09 Å². The van der Waals surface area contributed by atoms with E-state index in [1.54, 1.807) is 6.07 Å². The number of rotatable bonds is 5. The molecule has 0 saturated heterocycles. The van der Waals surface area contributed by atoms with E-state index in [0.29, 0.717) is 18.2 Å². The van der Waals surface area contributed by atoms with Gasteiger partial charge in [-0.1, -0.05) is 36.4 Å². The number of phenolic OH excluding ortho intramolecular Hbond substituents is 1. The number of benzene rings is 2. The molecule has 1 atom stereocenters. The average Bonchev–Trinajstić information content (AvgIpc) is 2.81. The largest absolute Gasteiger partial charge is 0.508 e. The monoisotopic (exact) mass is 367 g/mol. The van der Waals surface area contributed by atoms with Crippen molar-refractivity contribution in [3.05, 3.63) is 65.2 Å². The maximum absolute atomic E-state index is 12.2. The molecule has 0 saturated carbocycles. The fourth-order valence-corrected chi connectivity index (χ4v) is 4.01. The summed E-state index contributed by atoms with van der Waals surface area (Å²) < 4.78 is 5.72. The van der Waals surface area contributed by atoms with Gasteiger partial charge in [-0.15, -0.1) is 0 Å². The molecule has 0 bridgehead atoms. The van der Waals surface area contributed by atoms with Gasteiger partial charge < -0.3 is 15.2 Å². The molecule has 1 aliphatic rings. The summed E-state index contributed by atoms with van der Waals surface area (Å²) in [5, 5.41) is 12.6. The van der Waals surface area contributed by atoms with Gasteiger partial charge in [0, 0.05) is 6.54 Å². The van der Waals surface area contributed by atoms with Crippen LogP contribution in [0.1, 0.15) is 49.8 Å². The number of fused-ring (bicyclic) bond motifs is 1. The van der Waals surface area contributed by atoms with Crippen molar-refractivity contribution in [2.24, 2.45) is 5.92 Å². The normalized spacial score (nSPS) is 16.9. The highest BCUT2D eigenvalue weighted by atomic mass is 16.6. The van der Waals surface area contributed by atoms with Gasteiger partial charge in [-0.2, -0.15) is 0 Å². The number of hydrogen-bond donors (Lipinski definition) is 2. The van der Waals surface area contributed by atoms with E-state index in [9.17, 15) is 9.90 Å². The highest BCUT2D eigenvalue weighted by Crippen LogP contribution is 2.32. The molecule has 2 aromatic rings. The van der Waals surface area contributed by atoms with Crippen LogP contribution in [0.2, 0.25) is 0 Å². The number of aryl methyl sites for hydroxylation is 1. The summed E-state index contributed by atoms with van der Waals surface area (Å²) in [5.74, 6) is 0.759. The summed E-state index contributed by atoms with van der Waals surface area (Å²) in [4.78, 5) is 12.2. The molecule has 0 heterocycles. The molecule has 0 spiro atoms. The van der Waals surface area contributed by atoms with E-state index in [1.165, 1.54) is 11.1 Å². The van der Waals surface area contributed by atoms with Gasteiger partial charge in [0.2, 0.25) is 0 Å². The summed E-state index contributed by atoms with van der Waals surface area (Å²) in [6.07, 6.45) is 4.62. The number of phenols is 1. The van der Waals surface area contributed by atoms with Gasteiger partial charge in [0.25, 0.3) is 0 Å². The lowest BCUT2D eigenvalue weighted by molar-refractivity contribution is 0.0195. The molecule has 2 aromatic carbocycles. The molecule has 0 radical (unpaired) electrons. The zero-order chi connectivity index (χ0) is 19.3. The van der Waals surface area contributed by atoms with Gasteiger partial charge in [0.15, 0.2) is 0 Å². The third-order valence-corrected chi connectivity index (χ3v) is 5.19. The molecule has 1 unspecified atom stereocenters. The third-order valence-electron chi connectivity index (χ3n) is 5.19. The molecule has 2 N–H and O–H groups in total. The number of ether oxygens (including phenoxy) is 1. The Kier molecular flexibility index (Phi) is 6.04. The van der Waals surface area contributed by atoms with Crippen molar-refractivity contribution in [3.63, 3.8) is 0 Å². The number of hydrogen-bond acceptors (Lipinski definition) is 3. The quantitative estimate of drug-likeness (QED) is 0.733. The smallest absolute Gasteiger partial charge is 0.407 e. The maximum Gasteiger partial charge on any atom is 0.407 e. The number of amides is 1. The summed E-state index contributed by atoms with van der Waals surface area (Å²) in [6, 6.07) is 15.5. The number of carbonyl (C=O) groups excluding carboxylic acids is 1. The Labute approximate surface area is 161 Å². The number of aromatic hydroxyl groups is 1. The van der Waals surface area contributed by atoms with E-state index in [4.69, 9.17) is 4.74 Å². The Morgan fingerprint density at radius 1 is 1.19 bits per heavy atom. The van der Waals surface area contributed by atoms with E-state index in [2.05, 4.69) is 5.32 Å². The molecular formula is C23H29NO3. The van der Waals surface area contributed by atoms with Crippen molar-refractivity contribution in [1.82, 2.24) is 5.32 Å². The van der Waals surface area contributed by atoms with E-state index in [-0.39, 0.29) is 6.09 Å². The minimum Gasteiger partial charge on any atom is -0.508 e. The predicted molar refractivity (Wildman–Crippen MR) is 107 cm³/mol. The van der Waals surface area contributed by atoms with Gasteiger partial charge in [-0.3, -0.25) is 0 Å². The van der Waals surface area contributed by atoms with E-state index < -0.39 is 5.60 Å². The first-order chi connectivity index (χ1) is 12.9. The lowest BCUT2D eigenvalue weighted by Crippen LogP contribution is -2.36. The zero-order valence-electron chi connectivity index (χ0n) is 16.2. The lowest BCUT2D eigenvalue weighted by atomic mass is 9.86. The van der Waals surface area contributed by atoms with Gasteiger partial charge in [-0.25, -0.2) is 4.79 Å². The van der Waals surface area contributed by atoms with Crippen LogP contribution in [0.15, 0.2) is 48.5 Å². The first kappa shape index (κ1) is 19.3. The number of carbonyl (C=O) groups is 1. The maximum atomic E-state index is 12.2. The second-order valence-corrected chi connectivity index (χ2v) is 8.11. The number of nitrogens with one attached hydrogen (secondary N) is 1. The van der Waals surface area contributed by atoms with Gasteiger partial charge in [0.1, 0.15) is 11.4 Å². The van der Waals surface area contributed by atoms with Crippen molar-refractivity contribution in [2.45, 2.75) is 58.1 Å². The van der Waals surface area contributed by atoms with Crippen LogP contribution in [0.25, 0.3) is 0 Å². The van der Waals surface area contributed by atoms with Crippen LogP contribution in [0.4, 0.5) is 4.79 Å². The molecule has 4 heteroatoms. The Morgan fingerprint density at radius 2 is 1.96 bits per heavy atom. The first-order valence-electron chi connectivity index (χ1n) is 9.73. The molecule has 0 aromatic heterocycles. The van der Waals surface area contributed by atoms with Crippen LogP contribution in [0, 0.1) is 5.92 Å². The topological polar surface area (TPSA) is 58.6 Å². The van der Waals surface area contributed by atoms with Crippen molar-refractivity contribution in [1.29, 1.82) is 0 Å². The SMILES string of the molecule is CC(C)(CC1CCCc2ccc(O)cc2C1)OC(=O)NCc1ccccc1. The van der Waals surface area contributed by atoms with Crippen LogP contribution < -0.4 is 5.32 Å². The van der Waals surface area contributed by atoms with Crippen LogP contribution in [0.5, 0.6) is 5.75 Å². The van der Waals surface area contributed by atoms with Crippen molar-refractivity contribution in [3.8, 4) is 5.75 Å². The van der Waals surface area contributed by atoms with E-state index in [1.807, 2.05) is 56.3 Å². The molecule has 0 fully saturated rings. The molecule has 4 nitrogen and oxygen atoms in total. The molecule has 1 amide bonds. The first-order valence-corrected chi connectivity index (χ1v) is 9.73. The minimum absolute atomic E-state index is 0.324. The van der Waals surface area contributed by atoms with Crippen molar-refractivity contribution in [2.75, 3.05) is 0 Å². The fraction of sp³-hybridized carbons (Fsp3) is 0.435. The van der Waals surface area contributed by atoms with Crippen LogP contribution in [0.3, 0.4) is 0 Å². The van der Waals surface area contributed by atoms with Gasteiger partial charge in [-0.05, 0) is 80.7 Å². The van der Waals surface area contributed by atoms with Crippen LogP contribution in [-0.2, 0) is 24.1 Å². The summed E-state index contributed by atoms with van der Waals surface area (Å²) in [5.41, 5.74) is 3.07. The van der Waals surface area contributed by atoms with Crippen LogP contribution in [-0.4, -0.2) is 16.8 Å². The molecule has 3 rings (SSSR count). The average molecular weight is 367 g/mol. The van der Waals surface area contributed by atoms with E-state index >= 15 is 0 Å². The highest BCUT2D eigenvalue weighted by Gasteiger charge is 2.29. The fourth-order valence-electron chi connectivity index (χ4n) is 4.01. The second kappa shape index (κ2) is 8.47. The summed E-state index contributed by atoms with van der Waals surface area (Å²) in [6.45, 7) is 4.42. The van der Waals surface area contributed by atoms with Gasteiger partial charge in [0.05, 0.1) is 0 Å². The lowest BCUT2D eigenvalue weighted by Gasteiger charge is -2.29. The second-order valence-electron chi connectivity index (χ2n) is 8.11. The molecule has 0 aliphatic heterocycles. The molecule has 1 aliphatic carbocycles. The Balaban J connectivity index is 1.54. The predicted octanol–water partition coefficient (Wildman–Crippen LogP) is 4.98. The third kappa shape index (κ3) is 5.75. The standard InChI is InChI=1S/C23H29NO3/c1-23(2,27-22(26)24-16-17-7-4-3-5-8-17)15-18-9-6-10-19-11-12-21(25)14-20(19)13-18/h3-5,7-8,11-12,14,18,25H,6,9-10,13,15-16H2,1-2H3,(H,24,26). The molecular weight excluding hydrogens is 338 g/mol. The summed E-state index contributed by atoms with van der Waals surface area (Å²) in [7, 11) is 0. The molecule has 27 heavy (non-hydrogen) atoms. The molecule has 144 valence electrons. The Hall–Kier alpha value is -2.49. The zero-order valence-corrected chi connectivity index (χ0v) is 16.2.